The largest absolute Gasteiger partial charge is 0.467 e. The number of carbonyl (C=O) groups is 2. The summed E-state index contributed by atoms with van der Waals surface area (Å²) in [6.07, 6.45) is 3.74. The zero-order valence-electron chi connectivity index (χ0n) is 25.7. The summed E-state index contributed by atoms with van der Waals surface area (Å²) in [5.41, 5.74) is 1.51. The fourth-order valence-corrected chi connectivity index (χ4v) is 10.4. The molecular formula is C37H42ClNO5. The molecule has 6 nitrogen and oxygen atoms in total. The van der Waals surface area contributed by atoms with E-state index in [2.05, 4.69) is 31.7 Å². The molecule has 4 aliphatic rings. The predicted octanol–water partition coefficient (Wildman–Crippen LogP) is 7.20. The van der Waals surface area contributed by atoms with Crippen LogP contribution in [-0.4, -0.2) is 36.4 Å². The Morgan fingerprint density at radius 3 is 2.30 bits per heavy atom. The second-order valence-electron chi connectivity index (χ2n) is 13.7. The molecule has 6 rings (SSSR count). The lowest BCUT2D eigenvalue weighted by atomic mass is 9.37. The van der Waals surface area contributed by atoms with Crippen LogP contribution in [0.2, 0.25) is 0 Å². The summed E-state index contributed by atoms with van der Waals surface area (Å²) < 4.78 is 18.5. The third-order valence-corrected chi connectivity index (χ3v) is 12.4. The number of halogens is 1. The van der Waals surface area contributed by atoms with Crippen LogP contribution >= 0.6 is 11.6 Å². The molecule has 0 amide bonds. The van der Waals surface area contributed by atoms with Crippen LogP contribution in [0.4, 0.5) is 0 Å². The van der Waals surface area contributed by atoms with Crippen molar-refractivity contribution in [2.75, 3.05) is 13.7 Å². The van der Waals surface area contributed by atoms with Gasteiger partial charge in [0.05, 0.1) is 44.5 Å². The highest BCUT2D eigenvalue weighted by molar-refractivity contribution is 6.46. The fourth-order valence-electron chi connectivity index (χ4n) is 9.89. The van der Waals surface area contributed by atoms with Gasteiger partial charge >= 0.3 is 5.97 Å². The van der Waals surface area contributed by atoms with Gasteiger partial charge in [-0.2, -0.15) is 5.26 Å². The van der Waals surface area contributed by atoms with Gasteiger partial charge in [0.1, 0.15) is 0 Å². The molecule has 4 saturated carbocycles. The summed E-state index contributed by atoms with van der Waals surface area (Å²) in [6.45, 7) is 8.07. The molecule has 2 aromatic rings. The normalized spacial score (nSPS) is 37.8. The lowest BCUT2D eigenvalue weighted by Gasteiger charge is -2.66. The molecule has 0 aliphatic heterocycles. The van der Waals surface area contributed by atoms with Gasteiger partial charge in [0.15, 0.2) is 5.78 Å². The van der Waals surface area contributed by atoms with Crippen LogP contribution in [0.15, 0.2) is 72.8 Å². The number of carbonyl (C=O) groups excluding carboxylic acids is 2. The van der Waals surface area contributed by atoms with Gasteiger partial charge in [-0.1, -0.05) is 91.3 Å². The van der Waals surface area contributed by atoms with Gasteiger partial charge in [-0.15, -0.1) is 0 Å². The first kappa shape index (κ1) is 31.0. The van der Waals surface area contributed by atoms with Crippen molar-refractivity contribution in [3.8, 4) is 6.07 Å². The Balaban J connectivity index is 1.42. The highest BCUT2D eigenvalue weighted by Gasteiger charge is 2.74. The molecule has 0 spiro atoms. The minimum Gasteiger partial charge on any atom is -0.467 e. The second-order valence-corrected chi connectivity index (χ2v) is 14.3. The molecule has 2 aromatic carbocycles. The number of esters is 1. The van der Waals surface area contributed by atoms with Gasteiger partial charge in [0.2, 0.25) is 4.87 Å². The van der Waals surface area contributed by atoms with E-state index in [1.807, 2.05) is 48.5 Å². The number of alkyl halides is 1. The quantitative estimate of drug-likeness (QED) is 0.135. The van der Waals surface area contributed by atoms with E-state index < -0.39 is 33.0 Å². The summed E-state index contributed by atoms with van der Waals surface area (Å²) in [5.74, 6) is -1.67. The standard InChI is InChI=1S/C37H42ClNO5/c1-25-14-15-30-35(23-39)19-16-29-34(2,18-17-31(40)37(29,38)33(41)42-3)32(35)28(44-22-27-12-8-5-9-13-27)20-36(25,30)24-43-21-26-10-6-4-7-11-26/h4-13,28-30,32H,1,14-22,24H2,2-3H3/t28-,29+,30-,32+,34-,35+,36+,37?/m0/s1. The number of hydrogen-bond acceptors (Lipinski definition) is 6. The molecular weight excluding hydrogens is 574 g/mol. The fraction of sp³-hybridized carbons (Fsp3) is 0.541. The predicted molar refractivity (Wildman–Crippen MR) is 167 cm³/mol. The molecule has 44 heavy (non-hydrogen) atoms. The van der Waals surface area contributed by atoms with E-state index in [0.29, 0.717) is 45.5 Å². The maximum absolute atomic E-state index is 13.4. The molecule has 0 saturated heterocycles. The molecule has 0 heterocycles. The molecule has 0 aromatic heterocycles. The highest BCUT2D eigenvalue weighted by atomic mass is 35.5. The van der Waals surface area contributed by atoms with Crippen LogP contribution < -0.4 is 0 Å². The van der Waals surface area contributed by atoms with Crippen molar-refractivity contribution in [2.45, 2.75) is 76.1 Å². The number of nitrogens with zero attached hydrogens (tertiary/aromatic N) is 1. The highest BCUT2D eigenvalue weighted by Crippen LogP contribution is 2.73. The number of rotatable bonds is 8. The summed E-state index contributed by atoms with van der Waals surface area (Å²) in [6, 6.07) is 23.1. The van der Waals surface area contributed by atoms with E-state index in [0.717, 1.165) is 29.5 Å². The number of benzene rings is 2. The molecule has 0 N–H and O–H groups in total. The van der Waals surface area contributed by atoms with Crippen LogP contribution in [-0.2, 0) is 37.0 Å². The van der Waals surface area contributed by atoms with Crippen LogP contribution in [0.1, 0.15) is 63.0 Å². The van der Waals surface area contributed by atoms with Crippen LogP contribution in [0, 0.1) is 45.3 Å². The third-order valence-electron chi connectivity index (χ3n) is 11.8. The lowest BCUT2D eigenvalue weighted by molar-refractivity contribution is -0.220. The monoisotopic (exact) mass is 615 g/mol. The first-order valence-electron chi connectivity index (χ1n) is 15.8. The average Bonchev–Trinajstić information content (AvgIpc) is 3.38. The zero-order chi connectivity index (χ0) is 31.2. The third kappa shape index (κ3) is 4.66. The van der Waals surface area contributed by atoms with Crippen molar-refractivity contribution in [3.63, 3.8) is 0 Å². The van der Waals surface area contributed by atoms with Gasteiger partial charge in [0.25, 0.3) is 0 Å². The van der Waals surface area contributed by atoms with Crippen molar-refractivity contribution < 1.29 is 23.8 Å². The first-order valence-corrected chi connectivity index (χ1v) is 16.2. The van der Waals surface area contributed by atoms with Gasteiger partial charge < -0.3 is 14.2 Å². The number of ketones is 1. The maximum Gasteiger partial charge on any atom is 0.334 e. The number of fused-ring (bicyclic) bond motifs is 5. The van der Waals surface area contributed by atoms with Crippen molar-refractivity contribution >= 4 is 23.4 Å². The SMILES string of the molecule is C=C1CC[C@@H]2[C@@]1(COCc1ccccc1)C[C@H](OCc1ccccc1)[C@@H]1[C@@]3(C)CCC(=O)C(Cl)(C(=O)OC)[C@@H]3CC[C@@]21C#N. The van der Waals surface area contributed by atoms with E-state index in [4.69, 9.17) is 25.8 Å². The zero-order valence-corrected chi connectivity index (χ0v) is 26.5. The maximum atomic E-state index is 13.4. The van der Waals surface area contributed by atoms with Gasteiger partial charge in [-0.05, 0) is 61.0 Å². The van der Waals surface area contributed by atoms with Crippen molar-refractivity contribution in [2.24, 2.45) is 34.0 Å². The molecule has 0 radical (unpaired) electrons. The number of ether oxygens (including phenoxy) is 3. The Labute approximate surface area is 265 Å². The van der Waals surface area contributed by atoms with E-state index in [-0.39, 0.29) is 30.1 Å². The number of hydrogen-bond donors (Lipinski definition) is 0. The van der Waals surface area contributed by atoms with Crippen molar-refractivity contribution in [3.05, 3.63) is 83.9 Å². The molecule has 4 aliphatic carbocycles. The van der Waals surface area contributed by atoms with Crippen molar-refractivity contribution in [1.82, 2.24) is 0 Å². The molecule has 8 atom stereocenters. The number of methoxy groups -OCH3 is 1. The topological polar surface area (TPSA) is 85.6 Å². The van der Waals surface area contributed by atoms with Crippen LogP contribution in [0.3, 0.4) is 0 Å². The van der Waals surface area contributed by atoms with E-state index >= 15 is 0 Å². The Kier molecular flexibility index (Phi) is 8.28. The molecule has 4 fully saturated rings. The van der Waals surface area contributed by atoms with Gasteiger partial charge in [-0.25, -0.2) is 4.79 Å². The Hall–Kier alpha value is -2.98. The Bertz CT molecular complexity index is 1450. The van der Waals surface area contributed by atoms with Crippen LogP contribution in [0.5, 0.6) is 0 Å². The molecule has 7 heteroatoms. The van der Waals surface area contributed by atoms with E-state index in [1.165, 1.54) is 7.11 Å². The minimum absolute atomic E-state index is 0.0168. The van der Waals surface area contributed by atoms with Gasteiger partial charge in [0, 0.05) is 23.7 Å². The van der Waals surface area contributed by atoms with E-state index in [9.17, 15) is 14.9 Å². The smallest absolute Gasteiger partial charge is 0.334 e. The average molecular weight is 616 g/mol. The van der Waals surface area contributed by atoms with Crippen LogP contribution in [0.25, 0.3) is 0 Å². The number of nitriles is 1. The first-order chi connectivity index (χ1) is 21.2. The number of Topliss-reactive ketones (excluding diaryl/α,β-unsaturated/α-hetero) is 1. The minimum atomic E-state index is -1.76. The molecule has 1 unspecified atom stereocenters. The molecule has 0 bridgehead atoms. The summed E-state index contributed by atoms with van der Waals surface area (Å²) in [5, 5.41) is 11.3. The Morgan fingerprint density at radius 1 is 1.00 bits per heavy atom. The second kappa shape index (κ2) is 11.7. The summed E-state index contributed by atoms with van der Waals surface area (Å²) >= 11 is 7.09. The molecule has 232 valence electrons. The Morgan fingerprint density at radius 2 is 1.66 bits per heavy atom. The van der Waals surface area contributed by atoms with Gasteiger partial charge in [-0.3, -0.25) is 4.79 Å². The summed E-state index contributed by atoms with van der Waals surface area (Å²) in [7, 11) is 1.29. The lowest BCUT2D eigenvalue weighted by Crippen LogP contribution is -2.69. The van der Waals surface area contributed by atoms with E-state index in [1.54, 1.807) is 0 Å². The van der Waals surface area contributed by atoms with Crippen molar-refractivity contribution in [1.29, 1.82) is 5.26 Å². The summed E-state index contributed by atoms with van der Waals surface area (Å²) in [4.78, 5) is 24.8.